The summed E-state index contributed by atoms with van der Waals surface area (Å²) >= 11 is 6.12. The average molecular weight is 552 g/mol. The molecule has 0 radical (unpaired) electrons. The Kier molecular flexibility index (Phi) is 9.26. The van der Waals surface area contributed by atoms with Crippen LogP contribution < -0.4 is 16.0 Å². The number of ether oxygens (including phenoxy) is 1. The van der Waals surface area contributed by atoms with Crippen LogP contribution in [0.1, 0.15) is 36.5 Å². The van der Waals surface area contributed by atoms with E-state index in [2.05, 4.69) is 16.9 Å². The van der Waals surface area contributed by atoms with Crippen molar-refractivity contribution in [2.24, 2.45) is 10.7 Å². The zero-order valence-electron chi connectivity index (χ0n) is 21.0. The Morgan fingerprint density at radius 2 is 1.84 bits per heavy atom. The molecule has 38 heavy (non-hydrogen) atoms. The van der Waals surface area contributed by atoms with Crippen LogP contribution >= 0.6 is 11.6 Å². The lowest BCUT2D eigenvalue weighted by molar-refractivity contribution is -0.137. The summed E-state index contributed by atoms with van der Waals surface area (Å²) in [5.74, 6) is 0.408. The van der Waals surface area contributed by atoms with Gasteiger partial charge in [0.2, 0.25) is 0 Å². The maximum absolute atomic E-state index is 13.1. The molecule has 3 amide bonds. The fourth-order valence-electron chi connectivity index (χ4n) is 4.08. The Hall–Kier alpha value is -3.73. The monoisotopic (exact) mass is 551 g/mol. The van der Waals surface area contributed by atoms with Crippen molar-refractivity contribution in [1.82, 2.24) is 10.2 Å². The fraction of sp³-hybridized carbons (Fsp3) is 0.346. The van der Waals surface area contributed by atoms with Gasteiger partial charge in [-0.1, -0.05) is 18.2 Å². The van der Waals surface area contributed by atoms with E-state index >= 15 is 0 Å². The fourth-order valence-corrected chi connectivity index (χ4v) is 4.30. The normalized spacial score (nSPS) is 14.7. The zero-order chi connectivity index (χ0) is 28.0. The Labute approximate surface area is 223 Å². The smallest absolute Gasteiger partial charge is 0.416 e. The summed E-state index contributed by atoms with van der Waals surface area (Å²) in [6.07, 6.45) is -3.79. The SMILES string of the molecule is C=C(N=C(c1ccc(Cl)cc1C)N(C(N)=O)c1ccc(C(F)(F)F)cc1)N1CCC(NC(=O)OCC)CC1. The molecule has 1 saturated heterocycles. The topological polar surface area (TPSA) is 100 Å². The van der Waals surface area contributed by atoms with Gasteiger partial charge >= 0.3 is 18.3 Å². The van der Waals surface area contributed by atoms with E-state index in [1.165, 1.54) is 0 Å². The summed E-state index contributed by atoms with van der Waals surface area (Å²) < 4.78 is 44.3. The molecule has 3 N–H and O–H groups in total. The number of rotatable bonds is 6. The number of halogens is 4. The van der Waals surface area contributed by atoms with Gasteiger partial charge < -0.3 is 20.7 Å². The minimum Gasteiger partial charge on any atom is -0.450 e. The number of alkyl halides is 3. The molecule has 1 aliphatic rings. The molecule has 0 unspecified atom stereocenters. The molecule has 1 aliphatic heterocycles. The molecule has 12 heteroatoms. The van der Waals surface area contributed by atoms with Crippen LogP contribution in [0, 0.1) is 6.92 Å². The van der Waals surface area contributed by atoms with Crippen LogP contribution in [-0.4, -0.2) is 48.6 Å². The second-order valence-corrected chi connectivity index (χ2v) is 9.09. The van der Waals surface area contributed by atoms with Crippen molar-refractivity contribution in [3.8, 4) is 0 Å². The lowest BCUT2D eigenvalue weighted by atomic mass is 10.1. The molecule has 0 bridgehead atoms. The van der Waals surface area contributed by atoms with E-state index in [1.807, 2.05) is 4.90 Å². The lowest BCUT2D eigenvalue weighted by Gasteiger charge is -2.34. The van der Waals surface area contributed by atoms with E-state index in [0.717, 1.165) is 29.2 Å². The molecule has 0 atom stereocenters. The van der Waals surface area contributed by atoms with Crippen molar-refractivity contribution < 1.29 is 27.5 Å². The Morgan fingerprint density at radius 1 is 1.21 bits per heavy atom. The number of likely N-dealkylation sites (tertiary alicyclic amines) is 1. The molecule has 3 rings (SSSR count). The van der Waals surface area contributed by atoms with Gasteiger partial charge in [-0.2, -0.15) is 13.2 Å². The highest BCUT2D eigenvalue weighted by atomic mass is 35.5. The molecule has 1 fully saturated rings. The lowest BCUT2D eigenvalue weighted by Crippen LogP contribution is -2.45. The number of piperidine rings is 1. The summed E-state index contributed by atoms with van der Waals surface area (Å²) in [6, 6.07) is 7.97. The van der Waals surface area contributed by atoms with Crippen LogP contribution in [0.15, 0.2) is 59.9 Å². The van der Waals surface area contributed by atoms with Gasteiger partial charge in [0.15, 0.2) is 5.84 Å². The van der Waals surface area contributed by atoms with Crippen molar-refractivity contribution in [2.75, 3.05) is 24.6 Å². The molecule has 0 aromatic heterocycles. The number of aliphatic imine (C=N–C) groups is 1. The van der Waals surface area contributed by atoms with Crippen molar-refractivity contribution in [2.45, 2.75) is 38.9 Å². The number of alkyl carbamates (subject to hydrolysis) is 1. The predicted molar refractivity (Wildman–Crippen MR) is 140 cm³/mol. The number of primary amides is 1. The van der Waals surface area contributed by atoms with Crippen molar-refractivity contribution in [3.05, 3.63) is 76.6 Å². The number of benzene rings is 2. The molecular weight excluding hydrogens is 523 g/mol. The van der Waals surface area contributed by atoms with Gasteiger partial charge in [-0.05, 0) is 74.7 Å². The molecule has 0 saturated carbocycles. The minimum absolute atomic E-state index is 0.0747. The van der Waals surface area contributed by atoms with E-state index in [4.69, 9.17) is 22.1 Å². The summed E-state index contributed by atoms with van der Waals surface area (Å²) in [4.78, 5) is 32.0. The second kappa shape index (κ2) is 12.2. The van der Waals surface area contributed by atoms with Gasteiger partial charge in [-0.25, -0.2) is 19.5 Å². The second-order valence-electron chi connectivity index (χ2n) is 8.66. The first-order valence-electron chi connectivity index (χ1n) is 11.9. The van der Waals surface area contributed by atoms with Crippen LogP contribution in [0.5, 0.6) is 0 Å². The van der Waals surface area contributed by atoms with E-state index in [1.54, 1.807) is 32.0 Å². The van der Waals surface area contributed by atoms with Crippen LogP contribution in [0.2, 0.25) is 5.02 Å². The average Bonchev–Trinajstić information content (AvgIpc) is 2.84. The van der Waals surface area contributed by atoms with Gasteiger partial charge in [-0.15, -0.1) is 0 Å². The molecule has 2 aromatic rings. The first-order valence-corrected chi connectivity index (χ1v) is 12.3. The van der Waals surface area contributed by atoms with Gasteiger partial charge in [0.1, 0.15) is 5.82 Å². The predicted octanol–water partition coefficient (Wildman–Crippen LogP) is 5.68. The highest BCUT2D eigenvalue weighted by molar-refractivity contribution is 6.31. The third-order valence-corrected chi connectivity index (χ3v) is 6.24. The zero-order valence-corrected chi connectivity index (χ0v) is 21.8. The summed E-state index contributed by atoms with van der Waals surface area (Å²) in [6.45, 7) is 8.86. The number of anilines is 1. The third-order valence-electron chi connectivity index (χ3n) is 6.01. The maximum atomic E-state index is 13.1. The number of amides is 3. The van der Waals surface area contributed by atoms with E-state index < -0.39 is 23.9 Å². The van der Waals surface area contributed by atoms with Gasteiger partial charge in [-0.3, -0.25) is 0 Å². The number of hydrogen-bond acceptors (Lipinski definition) is 5. The molecule has 2 aromatic carbocycles. The van der Waals surface area contributed by atoms with E-state index in [0.29, 0.717) is 47.9 Å². The maximum Gasteiger partial charge on any atom is 0.416 e. The number of hydrogen-bond donors (Lipinski definition) is 2. The first-order chi connectivity index (χ1) is 17.9. The number of nitrogens with two attached hydrogens (primary N) is 1. The van der Waals surface area contributed by atoms with Gasteiger partial charge in [0.05, 0.1) is 17.9 Å². The molecule has 8 nitrogen and oxygen atoms in total. The van der Waals surface area contributed by atoms with Crippen molar-refractivity contribution in [3.63, 3.8) is 0 Å². The van der Waals surface area contributed by atoms with Crippen LogP contribution in [0.25, 0.3) is 0 Å². The van der Waals surface area contributed by atoms with E-state index in [9.17, 15) is 22.8 Å². The Balaban J connectivity index is 1.94. The van der Waals surface area contributed by atoms with Crippen LogP contribution in [-0.2, 0) is 10.9 Å². The largest absolute Gasteiger partial charge is 0.450 e. The first kappa shape index (κ1) is 28.8. The summed E-state index contributed by atoms with van der Waals surface area (Å²) in [5, 5.41) is 3.27. The number of carbonyl (C=O) groups excluding carboxylic acids is 2. The van der Waals surface area contributed by atoms with Crippen LogP contribution in [0.4, 0.5) is 28.4 Å². The van der Waals surface area contributed by atoms with Crippen molar-refractivity contribution >= 4 is 35.2 Å². The third kappa shape index (κ3) is 7.18. The Morgan fingerprint density at radius 3 is 2.37 bits per heavy atom. The molecule has 0 spiro atoms. The number of carbonyl (C=O) groups is 2. The standard InChI is InChI=1S/C26H29ClF3N5O3/c1-4-38-25(37)33-20-11-13-34(14-12-20)17(3)32-23(22-10-7-19(27)15-16(22)2)35(24(31)36)21-8-5-18(6-9-21)26(28,29)30/h5-10,15,20H,3-4,11-14H2,1-2H3,(H2,31,36)(H,33,37). The minimum atomic E-state index is -4.54. The molecule has 0 aliphatic carbocycles. The molecule has 1 heterocycles. The highest BCUT2D eigenvalue weighted by Gasteiger charge is 2.31. The van der Waals surface area contributed by atoms with Crippen molar-refractivity contribution in [1.29, 1.82) is 0 Å². The molecule has 204 valence electrons. The number of nitrogens with one attached hydrogen (secondary N) is 1. The Bertz CT molecular complexity index is 1210. The quantitative estimate of drug-likeness (QED) is 0.356. The number of amidine groups is 1. The summed E-state index contributed by atoms with van der Waals surface area (Å²) in [5.41, 5.74) is 6.11. The number of nitrogens with zero attached hydrogens (tertiary/aromatic N) is 3. The number of urea groups is 1. The summed E-state index contributed by atoms with van der Waals surface area (Å²) in [7, 11) is 0. The van der Waals surface area contributed by atoms with Gasteiger partial charge in [0, 0.05) is 29.7 Å². The molecular formula is C26H29ClF3N5O3. The van der Waals surface area contributed by atoms with E-state index in [-0.39, 0.29) is 24.2 Å². The van der Waals surface area contributed by atoms with Gasteiger partial charge in [0.25, 0.3) is 0 Å². The highest BCUT2D eigenvalue weighted by Crippen LogP contribution is 2.31. The number of aryl methyl sites for hydroxylation is 1. The van der Waals surface area contributed by atoms with Crippen LogP contribution in [0.3, 0.4) is 0 Å².